The van der Waals surface area contributed by atoms with Crippen LogP contribution in [0.4, 0.5) is 4.39 Å². The van der Waals surface area contributed by atoms with Gasteiger partial charge in [0.15, 0.2) is 11.6 Å². The second-order valence-corrected chi connectivity index (χ2v) is 4.26. The van der Waals surface area contributed by atoms with E-state index in [1.807, 2.05) is 6.92 Å². The number of hydrogen-bond acceptors (Lipinski definition) is 3. The van der Waals surface area contributed by atoms with Crippen LogP contribution in [0.5, 0.6) is 5.75 Å². The summed E-state index contributed by atoms with van der Waals surface area (Å²) in [5.41, 5.74) is 6.19. The molecule has 0 heterocycles. The fourth-order valence-corrected chi connectivity index (χ4v) is 1.51. The van der Waals surface area contributed by atoms with Gasteiger partial charge in [0.25, 0.3) is 0 Å². The Bertz CT molecular complexity index is 414. The van der Waals surface area contributed by atoms with Crippen molar-refractivity contribution in [1.82, 2.24) is 5.32 Å². The number of amides is 1. The predicted octanol–water partition coefficient (Wildman–Crippen LogP) is 1.65. The number of carbonyl (C=O) groups excluding carboxylic acids is 1. The van der Waals surface area contributed by atoms with Gasteiger partial charge in [-0.3, -0.25) is 4.79 Å². The van der Waals surface area contributed by atoms with Crippen molar-refractivity contribution in [3.63, 3.8) is 0 Å². The topological polar surface area (TPSA) is 64.3 Å². The lowest BCUT2D eigenvalue weighted by Crippen LogP contribution is -2.30. The number of nitrogens with one attached hydrogen (secondary N) is 1. The summed E-state index contributed by atoms with van der Waals surface area (Å²) in [6, 6.07) is 4.56. The zero-order valence-corrected chi connectivity index (χ0v) is 11.9. The molecule has 0 radical (unpaired) electrons. The van der Waals surface area contributed by atoms with Crippen LogP contribution in [-0.4, -0.2) is 25.6 Å². The predicted molar refractivity (Wildman–Crippen MR) is 75.2 cm³/mol. The molecule has 0 fully saturated rings. The van der Waals surface area contributed by atoms with E-state index in [4.69, 9.17) is 10.5 Å². The monoisotopic (exact) mass is 290 g/mol. The molecule has 0 aliphatic rings. The summed E-state index contributed by atoms with van der Waals surface area (Å²) in [5, 5.41) is 2.74. The van der Waals surface area contributed by atoms with Crippen molar-refractivity contribution >= 4 is 18.3 Å². The van der Waals surface area contributed by atoms with Crippen molar-refractivity contribution in [3.05, 3.63) is 29.6 Å². The number of ether oxygens (including phenoxy) is 1. The Kier molecular flexibility index (Phi) is 8.11. The van der Waals surface area contributed by atoms with Crippen LogP contribution < -0.4 is 15.8 Å². The van der Waals surface area contributed by atoms with Crippen molar-refractivity contribution < 1.29 is 13.9 Å². The van der Waals surface area contributed by atoms with Gasteiger partial charge in [-0.25, -0.2) is 4.39 Å². The van der Waals surface area contributed by atoms with Gasteiger partial charge in [0.2, 0.25) is 5.91 Å². The van der Waals surface area contributed by atoms with E-state index >= 15 is 0 Å². The molecule has 1 aromatic rings. The minimum Gasteiger partial charge on any atom is -0.494 e. The van der Waals surface area contributed by atoms with Crippen LogP contribution in [0, 0.1) is 5.82 Å². The average molecular weight is 291 g/mol. The number of halogens is 2. The number of methoxy groups -OCH3 is 1. The fourth-order valence-electron chi connectivity index (χ4n) is 1.51. The van der Waals surface area contributed by atoms with Gasteiger partial charge in [-0.15, -0.1) is 12.4 Å². The maximum atomic E-state index is 13.4. The van der Waals surface area contributed by atoms with E-state index in [-0.39, 0.29) is 36.5 Å². The maximum Gasteiger partial charge on any atom is 0.224 e. The number of nitrogens with two attached hydrogens (primary N) is 1. The first kappa shape index (κ1) is 17.7. The molecule has 0 aliphatic heterocycles. The van der Waals surface area contributed by atoms with Gasteiger partial charge in [-0.05, 0) is 31.0 Å². The van der Waals surface area contributed by atoms with Gasteiger partial charge >= 0.3 is 0 Å². The highest BCUT2D eigenvalue weighted by molar-refractivity contribution is 5.85. The molecular weight excluding hydrogens is 271 g/mol. The standard InChI is InChI=1S/C13H19FN2O2.ClH/c1-9(15)5-6-16-13(17)8-10-3-4-12(18-2)11(14)7-10;/h3-4,7,9H,5-6,8,15H2,1-2H3,(H,16,17);1H. The highest BCUT2D eigenvalue weighted by Crippen LogP contribution is 2.17. The Morgan fingerprint density at radius 1 is 1.53 bits per heavy atom. The van der Waals surface area contributed by atoms with Crippen molar-refractivity contribution in [2.24, 2.45) is 5.73 Å². The summed E-state index contributed by atoms with van der Waals surface area (Å²) in [7, 11) is 1.40. The molecule has 0 saturated heterocycles. The van der Waals surface area contributed by atoms with Gasteiger partial charge in [-0.1, -0.05) is 6.07 Å². The van der Waals surface area contributed by atoms with E-state index < -0.39 is 5.82 Å². The normalized spacial score (nSPS) is 11.4. The molecular formula is C13H20ClFN2O2. The van der Waals surface area contributed by atoms with Gasteiger partial charge in [-0.2, -0.15) is 0 Å². The number of carbonyl (C=O) groups is 1. The largest absolute Gasteiger partial charge is 0.494 e. The molecule has 0 spiro atoms. The molecule has 0 aliphatic carbocycles. The van der Waals surface area contributed by atoms with Gasteiger partial charge in [0.1, 0.15) is 0 Å². The van der Waals surface area contributed by atoms with Crippen molar-refractivity contribution in [2.75, 3.05) is 13.7 Å². The van der Waals surface area contributed by atoms with Gasteiger partial charge in [0, 0.05) is 12.6 Å². The Labute approximate surface area is 118 Å². The summed E-state index contributed by atoms with van der Waals surface area (Å²) in [5.74, 6) is -0.422. The lowest BCUT2D eigenvalue weighted by atomic mass is 10.1. The minimum atomic E-state index is -0.460. The molecule has 1 amide bonds. The zero-order chi connectivity index (χ0) is 13.5. The summed E-state index contributed by atoms with van der Waals surface area (Å²) in [6.07, 6.45) is 0.878. The third-order valence-electron chi connectivity index (χ3n) is 2.50. The molecule has 19 heavy (non-hydrogen) atoms. The second-order valence-electron chi connectivity index (χ2n) is 4.26. The molecule has 4 nitrogen and oxygen atoms in total. The Morgan fingerprint density at radius 3 is 2.74 bits per heavy atom. The van der Waals surface area contributed by atoms with E-state index in [0.29, 0.717) is 12.1 Å². The third-order valence-corrected chi connectivity index (χ3v) is 2.50. The van der Waals surface area contributed by atoms with Gasteiger partial charge < -0.3 is 15.8 Å². The lowest BCUT2D eigenvalue weighted by Gasteiger charge is -2.08. The Balaban J connectivity index is 0.00000324. The Hall–Kier alpha value is -1.33. The SMILES string of the molecule is COc1ccc(CC(=O)NCCC(C)N)cc1F.Cl. The molecule has 3 N–H and O–H groups in total. The fraction of sp³-hybridized carbons (Fsp3) is 0.462. The highest BCUT2D eigenvalue weighted by Gasteiger charge is 2.07. The smallest absolute Gasteiger partial charge is 0.224 e. The third kappa shape index (κ3) is 6.40. The van der Waals surface area contributed by atoms with Crippen LogP contribution in [0.25, 0.3) is 0 Å². The van der Waals surface area contributed by atoms with E-state index in [2.05, 4.69) is 5.32 Å². The lowest BCUT2D eigenvalue weighted by molar-refractivity contribution is -0.120. The number of benzene rings is 1. The number of rotatable bonds is 6. The quantitative estimate of drug-likeness (QED) is 0.837. The van der Waals surface area contributed by atoms with E-state index in [1.165, 1.54) is 19.2 Å². The van der Waals surface area contributed by atoms with Crippen LogP contribution in [0.15, 0.2) is 18.2 Å². The molecule has 1 atom stereocenters. The van der Waals surface area contributed by atoms with E-state index in [1.54, 1.807) is 6.07 Å². The van der Waals surface area contributed by atoms with E-state index in [0.717, 1.165) is 6.42 Å². The second kappa shape index (κ2) is 8.72. The first-order chi connectivity index (χ1) is 8.52. The average Bonchev–Trinajstić information content (AvgIpc) is 2.28. The van der Waals surface area contributed by atoms with Crippen LogP contribution in [-0.2, 0) is 11.2 Å². The molecule has 0 aromatic heterocycles. The first-order valence-electron chi connectivity index (χ1n) is 5.87. The van der Waals surface area contributed by atoms with Crippen molar-refractivity contribution in [1.29, 1.82) is 0 Å². The number of hydrogen-bond donors (Lipinski definition) is 2. The van der Waals surface area contributed by atoms with Gasteiger partial charge in [0.05, 0.1) is 13.5 Å². The summed E-state index contributed by atoms with van der Waals surface area (Å²) < 4.78 is 18.2. The minimum absolute atomic E-state index is 0. The van der Waals surface area contributed by atoms with Crippen LogP contribution >= 0.6 is 12.4 Å². The van der Waals surface area contributed by atoms with E-state index in [9.17, 15) is 9.18 Å². The van der Waals surface area contributed by atoms with Crippen LogP contribution in [0.3, 0.4) is 0 Å². The molecule has 1 rings (SSSR count). The summed E-state index contributed by atoms with van der Waals surface area (Å²) >= 11 is 0. The summed E-state index contributed by atoms with van der Waals surface area (Å²) in [4.78, 5) is 11.6. The molecule has 0 bridgehead atoms. The van der Waals surface area contributed by atoms with Crippen molar-refractivity contribution in [2.45, 2.75) is 25.8 Å². The molecule has 0 saturated carbocycles. The maximum absolute atomic E-state index is 13.4. The Morgan fingerprint density at radius 2 is 2.21 bits per heavy atom. The molecule has 1 unspecified atom stereocenters. The molecule has 108 valence electrons. The van der Waals surface area contributed by atoms with Crippen LogP contribution in [0.2, 0.25) is 0 Å². The van der Waals surface area contributed by atoms with Crippen LogP contribution in [0.1, 0.15) is 18.9 Å². The first-order valence-corrected chi connectivity index (χ1v) is 5.87. The highest BCUT2D eigenvalue weighted by atomic mass is 35.5. The zero-order valence-electron chi connectivity index (χ0n) is 11.1. The molecule has 6 heteroatoms. The van der Waals surface area contributed by atoms with Crippen molar-refractivity contribution in [3.8, 4) is 5.75 Å². The molecule has 1 aromatic carbocycles. The summed E-state index contributed by atoms with van der Waals surface area (Å²) in [6.45, 7) is 2.42.